The standard InChI is InChI=1S/C15H16ClFN4/c16-14-8-15(19-10-18-14)20-12-4-2-6-21(9-12)13-5-1-3-11(17)7-13/h1,3,5,7-8,10,12H,2,4,6,9H2,(H,18,19,20)/t12-/m1/s1. The Hall–Kier alpha value is -1.88. The zero-order chi connectivity index (χ0) is 14.7. The maximum Gasteiger partial charge on any atom is 0.134 e. The molecule has 1 fully saturated rings. The van der Waals surface area contributed by atoms with Crippen molar-refractivity contribution in [3.05, 3.63) is 47.6 Å². The molecule has 1 aromatic heterocycles. The van der Waals surface area contributed by atoms with Gasteiger partial charge >= 0.3 is 0 Å². The number of piperidine rings is 1. The third-order valence-corrected chi connectivity index (χ3v) is 3.79. The van der Waals surface area contributed by atoms with Crippen molar-refractivity contribution in [3.63, 3.8) is 0 Å². The lowest BCUT2D eigenvalue weighted by atomic mass is 10.0. The minimum Gasteiger partial charge on any atom is -0.369 e. The Labute approximate surface area is 128 Å². The molecule has 1 aliphatic heterocycles. The van der Waals surface area contributed by atoms with Crippen molar-refractivity contribution in [1.29, 1.82) is 0 Å². The molecule has 0 aliphatic carbocycles. The molecule has 0 radical (unpaired) electrons. The predicted molar refractivity (Wildman–Crippen MR) is 82.3 cm³/mol. The van der Waals surface area contributed by atoms with E-state index in [1.807, 2.05) is 6.07 Å². The van der Waals surface area contributed by atoms with Gasteiger partial charge in [-0.25, -0.2) is 14.4 Å². The van der Waals surface area contributed by atoms with Crippen LogP contribution in [0.4, 0.5) is 15.9 Å². The van der Waals surface area contributed by atoms with E-state index in [2.05, 4.69) is 20.2 Å². The Bertz CT molecular complexity index is 622. The quantitative estimate of drug-likeness (QED) is 0.883. The summed E-state index contributed by atoms with van der Waals surface area (Å²) in [6.45, 7) is 1.75. The lowest BCUT2D eigenvalue weighted by Crippen LogP contribution is -2.42. The van der Waals surface area contributed by atoms with Crippen molar-refractivity contribution in [2.45, 2.75) is 18.9 Å². The van der Waals surface area contributed by atoms with Gasteiger partial charge in [-0.15, -0.1) is 0 Å². The van der Waals surface area contributed by atoms with Crippen LogP contribution in [0.1, 0.15) is 12.8 Å². The number of hydrogen-bond donors (Lipinski definition) is 1. The van der Waals surface area contributed by atoms with Gasteiger partial charge in [-0.2, -0.15) is 0 Å². The number of anilines is 2. The largest absolute Gasteiger partial charge is 0.369 e. The summed E-state index contributed by atoms with van der Waals surface area (Å²) in [5, 5.41) is 3.79. The van der Waals surface area contributed by atoms with Crippen molar-refractivity contribution >= 4 is 23.1 Å². The van der Waals surface area contributed by atoms with Gasteiger partial charge in [0.2, 0.25) is 0 Å². The average Bonchev–Trinajstić information content (AvgIpc) is 2.47. The average molecular weight is 307 g/mol. The van der Waals surface area contributed by atoms with Gasteiger partial charge in [-0.05, 0) is 31.0 Å². The first-order valence-corrected chi connectivity index (χ1v) is 7.33. The summed E-state index contributed by atoms with van der Waals surface area (Å²) in [5.41, 5.74) is 0.919. The fourth-order valence-electron chi connectivity index (χ4n) is 2.62. The molecule has 0 unspecified atom stereocenters. The van der Waals surface area contributed by atoms with Gasteiger partial charge in [0.05, 0.1) is 0 Å². The SMILES string of the molecule is Fc1cccc(N2CCC[C@@H](Nc3cc(Cl)ncn3)C2)c1. The van der Waals surface area contributed by atoms with Gasteiger partial charge in [0.25, 0.3) is 0 Å². The summed E-state index contributed by atoms with van der Waals surface area (Å²) in [7, 11) is 0. The van der Waals surface area contributed by atoms with Crippen LogP contribution in [0.25, 0.3) is 0 Å². The minimum atomic E-state index is -0.204. The van der Waals surface area contributed by atoms with E-state index < -0.39 is 0 Å². The Morgan fingerprint density at radius 1 is 1.29 bits per heavy atom. The zero-order valence-electron chi connectivity index (χ0n) is 11.5. The molecule has 0 bridgehead atoms. The number of rotatable bonds is 3. The van der Waals surface area contributed by atoms with Gasteiger partial charge in [0.1, 0.15) is 23.1 Å². The van der Waals surface area contributed by atoms with E-state index in [9.17, 15) is 4.39 Å². The molecule has 1 aliphatic rings. The van der Waals surface area contributed by atoms with E-state index in [0.29, 0.717) is 5.15 Å². The predicted octanol–water partition coefficient (Wildman–Crippen LogP) is 3.35. The van der Waals surface area contributed by atoms with E-state index in [0.717, 1.165) is 37.4 Å². The topological polar surface area (TPSA) is 41.0 Å². The van der Waals surface area contributed by atoms with Crippen molar-refractivity contribution in [3.8, 4) is 0 Å². The molecule has 21 heavy (non-hydrogen) atoms. The highest BCUT2D eigenvalue weighted by atomic mass is 35.5. The normalized spacial score (nSPS) is 18.6. The molecule has 1 N–H and O–H groups in total. The molecule has 1 aromatic carbocycles. The van der Waals surface area contributed by atoms with Gasteiger partial charge in [-0.3, -0.25) is 0 Å². The molecule has 2 aromatic rings. The molecule has 4 nitrogen and oxygen atoms in total. The lowest BCUT2D eigenvalue weighted by molar-refractivity contribution is 0.527. The zero-order valence-corrected chi connectivity index (χ0v) is 12.2. The highest BCUT2D eigenvalue weighted by molar-refractivity contribution is 6.29. The molecule has 110 valence electrons. The first-order valence-electron chi connectivity index (χ1n) is 6.95. The number of benzene rings is 1. The Morgan fingerprint density at radius 2 is 2.19 bits per heavy atom. The van der Waals surface area contributed by atoms with Gasteiger partial charge in [0.15, 0.2) is 0 Å². The third kappa shape index (κ3) is 3.61. The van der Waals surface area contributed by atoms with E-state index in [1.54, 1.807) is 18.2 Å². The van der Waals surface area contributed by atoms with Gasteiger partial charge in [0, 0.05) is 30.9 Å². The van der Waals surface area contributed by atoms with Crippen LogP contribution in [0.15, 0.2) is 36.7 Å². The first-order chi connectivity index (χ1) is 10.2. The fourth-order valence-corrected chi connectivity index (χ4v) is 2.77. The molecule has 6 heteroatoms. The second-order valence-electron chi connectivity index (χ2n) is 5.14. The van der Waals surface area contributed by atoms with Crippen LogP contribution in [-0.4, -0.2) is 29.1 Å². The van der Waals surface area contributed by atoms with Crippen molar-refractivity contribution in [2.75, 3.05) is 23.3 Å². The molecule has 2 heterocycles. The minimum absolute atomic E-state index is 0.204. The van der Waals surface area contributed by atoms with Gasteiger partial charge < -0.3 is 10.2 Å². The summed E-state index contributed by atoms with van der Waals surface area (Å²) in [6, 6.07) is 8.69. The van der Waals surface area contributed by atoms with E-state index >= 15 is 0 Å². The molecule has 0 saturated carbocycles. The second kappa shape index (κ2) is 6.26. The Balaban J connectivity index is 1.68. The number of nitrogens with one attached hydrogen (secondary N) is 1. The number of hydrogen-bond acceptors (Lipinski definition) is 4. The Kier molecular flexibility index (Phi) is 4.20. The van der Waals surface area contributed by atoms with Crippen molar-refractivity contribution in [1.82, 2.24) is 9.97 Å². The van der Waals surface area contributed by atoms with Crippen LogP contribution >= 0.6 is 11.6 Å². The molecule has 0 amide bonds. The third-order valence-electron chi connectivity index (χ3n) is 3.58. The fraction of sp³-hybridized carbons (Fsp3) is 0.333. The maximum atomic E-state index is 13.3. The number of nitrogens with zero attached hydrogens (tertiary/aromatic N) is 3. The van der Waals surface area contributed by atoms with E-state index in [1.165, 1.54) is 12.4 Å². The second-order valence-corrected chi connectivity index (χ2v) is 5.52. The summed E-state index contributed by atoms with van der Waals surface area (Å²) in [5.74, 6) is 0.520. The van der Waals surface area contributed by atoms with Gasteiger partial charge in [-0.1, -0.05) is 17.7 Å². The van der Waals surface area contributed by atoms with Crippen LogP contribution in [0.2, 0.25) is 5.15 Å². The maximum absolute atomic E-state index is 13.3. The summed E-state index contributed by atoms with van der Waals surface area (Å²) in [6.07, 6.45) is 3.54. The number of halogens is 2. The highest BCUT2D eigenvalue weighted by Crippen LogP contribution is 2.22. The lowest BCUT2D eigenvalue weighted by Gasteiger charge is -2.35. The molecule has 3 rings (SSSR count). The van der Waals surface area contributed by atoms with Crippen LogP contribution < -0.4 is 10.2 Å². The van der Waals surface area contributed by atoms with Crippen molar-refractivity contribution in [2.24, 2.45) is 0 Å². The van der Waals surface area contributed by atoms with Crippen LogP contribution in [0.5, 0.6) is 0 Å². The van der Waals surface area contributed by atoms with E-state index in [-0.39, 0.29) is 11.9 Å². The van der Waals surface area contributed by atoms with Crippen molar-refractivity contribution < 1.29 is 4.39 Å². The monoisotopic (exact) mass is 306 g/mol. The number of aromatic nitrogens is 2. The first kappa shape index (κ1) is 14.1. The highest BCUT2D eigenvalue weighted by Gasteiger charge is 2.20. The Morgan fingerprint density at radius 3 is 3.00 bits per heavy atom. The summed E-state index contributed by atoms with van der Waals surface area (Å²) < 4.78 is 13.3. The van der Waals surface area contributed by atoms with Crippen LogP contribution in [0, 0.1) is 5.82 Å². The smallest absolute Gasteiger partial charge is 0.134 e. The van der Waals surface area contributed by atoms with E-state index in [4.69, 9.17) is 11.6 Å². The van der Waals surface area contributed by atoms with Crippen LogP contribution in [-0.2, 0) is 0 Å². The molecule has 1 saturated heterocycles. The molecule has 0 spiro atoms. The molecule has 1 atom stereocenters. The molecular weight excluding hydrogens is 291 g/mol. The van der Waals surface area contributed by atoms with Crippen LogP contribution in [0.3, 0.4) is 0 Å². The summed E-state index contributed by atoms with van der Waals surface area (Å²) >= 11 is 5.86. The summed E-state index contributed by atoms with van der Waals surface area (Å²) in [4.78, 5) is 10.2. The molecular formula is C15H16ClFN4.